The molecule has 4 rings (SSSR count). The fourth-order valence-electron chi connectivity index (χ4n) is 5.73. The number of hydrogen-bond donors (Lipinski definition) is 6. The quantitative estimate of drug-likeness (QED) is 0.0212. The molecular formula is C43H56N10O7. The number of anilines is 4. The van der Waals surface area contributed by atoms with Gasteiger partial charge in [0.05, 0.1) is 30.8 Å². The topological polar surface area (TPSA) is 244 Å². The standard InChI is InChI=1S/C42H51N9O7.CH5N/c1-8-51-34(19-27(2)49-51)40(54)47-26-50(38-33(45-6)21-29(25-52)22-36(38)56-7)17-10-9-16-46-37-32(43)23-30(39(44)53)24-35(37)57-18-12-14-28-13-11-15-31(20-28)48-41(55)58-42(3,4)5;1-2/h9-15,19-25,46H,6,8,16-18,26,43H2,1-5,7H3,(H2,44,53)(H,47,54)(H,48,55);2H2,1H3/b10-9+,14-12+;. The Morgan fingerprint density at radius 3 is 2.42 bits per heavy atom. The molecule has 0 saturated heterocycles. The number of aryl methyl sites for hydroxylation is 2. The van der Waals surface area contributed by atoms with Gasteiger partial charge < -0.3 is 46.9 Å². The minimum atomic E-state index is -0.667. The van der Waals surface area contributed by atoms with Crippen molar-refractivity contribution >= 4 is 65.4 Å². The van der Waals surface area contributed by atoms with Crippen LogP contribution < -0.4 is 47.5 Å². The highest BCUT2D eigenvalue weighted by atomic mass is 16.6. The molecule has 1 heterocycles. The van der Waals surface area contributed by atoms with Crippen LogP contribution >= 0.6 is 0 Å². The van der Waals surface area contributed by atoms with Gasteiger partial charge in [0.15, 0.2) is 0 Å². The van der Waals surface area contributed by atoms with Gasteiger partial charge in [-0.2, -0.15) is 5.10 Å². The molecule has 3 aromatic carbocycles. The van der Waals surface area contributed by atoms with E-state index in [1.807, 2.05) is 43.0 Å². The summed E-state index contributed by atoms with van der Waals surface area (Å²) < 4.78 is 18.6. The maximum atomic E-state index is 13.3. The number of nitrogen functional groups attached to an aromatic ring is 1. The molecule has 3 amide bonds. The summed E-state index contributed by atoms with van der Waals surface area (Å²) in [5.41, 5.74) is 20.4. The molecule has 0 unspecified atom stereocenters. The van der Waals surface area contributed by atoms with Gasteiger partial charge in [-0.15, -0.1) is 0 Å². The summed E-state index contributed by atoms with van der Waals surface area (Å²) in [7, 11) is 2.98. The lowest BCUT2D eigenvalue weighted by atomic mass is 10.1. The number of primary amides is 1. The van der Waals surface area contributed by atoms with Crippen LogP contribution in [-0.4, -0.2) is 86.8 Å². The molecule has 60 heavy (non-hydrogen) atoms. The summed E-state index contributed by atoms with van der Waals surface area (Å²) in [5, 5.41) is 13.3. The van der Waals surface area contributed by atoms with E-state index in [-0.39, 0.29) is 43.5 Å². The first-order chi connectivity index (χ1) is 28.7. The lowest BCUT2D eigenvalue weighted by Crippen LogP contribution is -2.39. The third-order valence-electron chi connectivity index (χ3n) is 8.27. The van der Waals surface area contributed by atoms with Crippen molar-refractivity contribution in [2.24, 2.45) is 16.5 Å². The Kier molecular flexibility index (Phi) is 17.9. The Morgan fingerprint density at radius 2 is 1.77 bits per heavy atom. The number of nitrogens with two attached hydrogens (primary N) is 3. The van der Waals surface area contributed by atoms with Crippen molar-refractivity contribution in [3.8, 4) is 11.5 Å². The van der Waals surface area contributed by atoms with Gasteiger partial charge >= 0.3 is 6.09 Å². The number of aldehydes is 1. The Hall–Kier alpha value is -7.14. The van der Waals surface area contributed by atoms with Crippen molar-refractivity contribution in [3.63, 3.8) is 0 Å². The second-order valence-electron chi connectivity index (χ2n) is 13.9. The van der Waals surface area contributed by atoms with E-state index in [0.29, 0.717) is 58.3 Å². The molecule has 17 nitrogen and oxygen atoms in total. The first-order valence-corrected chi connectivity index (χ1v) is 19.0. The highest BCUT2D eigenvalue weighted by Gasteiger charge is 2.21. The molecule has 1 aromatic heterocycles. The summed E-state index contributed by atoms with van der Waals surface area (Å²) in [6.07, 6.45) is 7.44. The molecule has 9 N–H and O–H groups in total. The number of nitrogens with one attached hydrogen (secondary N) is 3. The fraction of sp³-hybridized carbons (Fsp3) is 0.302. The van der Waals surface area contributed by atoms with E-state index in [2.05, 4.69) is 38.5 Å². The van der Waals surface area contributed by atoms with Crippen molar-refractivity contribution < 1.29 is 33.4 Å². The highest BCUT2D eigenvalue weighted by Crippen LogP contribution is 2.39. The lowest BCUT2D eigenvalue weighted by Gasteiger charge is -2.27. The van der Waals surface area contributed by atoms with Gasteiger partial charge in [0.2, 0.25) is 5.91 Å². The molecule has 0 aliphatic rings. The van der Waals surface area contributed by atoms with Crippen LogP contribution in [0, 0.1) is 6.92 Å². The van der Waals surface area contributed by atoms with Crippen LogP contribution in [0.3, 0.4) is 0 Å². The number of ether oxygens (including phenoxy) is 3. The van der Waals surface area contributed by atoms with Crippen molar-refractivity contribution in [3.05, 3.63) is 101 Å². The number of rotatable bonds is 19. The number of carbonyl (C=O) groups excluding carboxylic acids is 4. The van der Waals surface area contributed by atoms with E-state index in [9.17, 15) is 19.2 Å². The third kappa shape index (κ3) is 13.8. The predicted octanol–water partition coefficient (Wildman–Crippen LogP) is 5.92. The normalized spacial score (nSPS) is 11.0. The van der Waals surface area contributed by atoms with E-state index in [1.54, 1.807) is 67.9 Å². The highest BCUT2D eigenvalue weighted by molar-refractivity contribution is 5.96. The van der Waals surface area contributed by atoms with Crippen LogP contribution in [0.4, 0.5) is 33.2 Å². The summed E-state index contributed by atoms with van der Waals surface area (Å²) in [4.78, 5) is 55.2. The smallest absolute Gasteiger partial charge is 0.412 e. The monoisotopic (exact) mass is 824 g/mol. The van der Waals surface area contributed by atoms with Gasteiger partial charge in [-0.25, -0.2) is 4.79 Å². The summed E-state index contributed by atoms with van der Waals surface area (Å²) >= 11 is 0. The average molecular weight is 825 g/mol. The van der Waals surface area contributed by atoms with Gasteiger partial charge in [0.1, 0.15) is 47.1 Å². The molecular weight excluding hydrogens is 769 g/mol. The minimum absolute atomic E-state index is 0.0431. The van der Waals surface area contributed by atoms with Crippen molar-refractivity contribution in [2.45, 2.75) is 46.8 Å². The molecule has 0 fully saturated rings. The SMILES string of the molecule is C=Nc1cc(C=O)cc(OC)c1N(C/C=C/CNc1c(N)cc(C(N)=O)cc1OC/C=C/c1cccc(NC(=O)OC(C)(C)C)c1)CNC(=O)c1cc(C)nn1CC.CN. The second-order valence-corrected chi connectivity index (χ2v) is 13.9. The number of nitrogens with zero attached hydrogens (tertiary/aromatic N) is 4. The molecule has 0 bridgehead atoms. The number of hydrogen-bond acceptors (Lipinski definition) is 13. The molecule has 0 atom stereocenters. The first kappa shape index (κ1) is 47.2. The van der Waals surface area contributed by atoms with Crippen LogP contribution in [0.25, 0.3) is 6.08 Å². The number of aliphatic imine (C=N–C) groups is 1. The molecule has 320 valence electrons. The van der Waals surface area contributed by atoms with Crippen molar-refractivity contribution in [2.75, 3.05) is 61.8 Å². The second kappa shape index (κ2) is 22.7. The molecule has 0 radical (unpaired) electrons. The minimum Gasteiger partial charge on any atom is -0.494 e. The van der Waals surface area contributed by atoms with E-state index in [4.69, 9.17) is 25.7 Å². The Bertz CT molecular complexity index is 2190. The first-order valence-electron chi connectivity index (χ1n) is 19.0. The Labute approximate surface area is 350 Å². The van der Waals surface area contributed by atoms with Gasteiger partial charge in [0, 0.05) is 36.4 Å². The summed E-state index contributed by atoms with van der Waals surface area (Å²) in [5.74, 6) is -0.319. The zero-order valence-corrected chi connectivity index (χ0v) is 35.2. The number of aromatic nitrogens is 2. The van der Waals surface area contributed by atoms with E-state index in [0.717, 1.165) is 11.3 Å². The summed E-state index contributed by atoms with van der Waals surface area (Å²) in [6.45, 7) is 14.0. The molecule has 17 heteroatoms. The Balaban J connectivity index is 0.00000473. The molecule has 0 aliphatic heterocycles. The Morgan fingerprint density at radius 1 is 1.02 bits per heavy atom. The van der Waals surface area contributed by atoms with E-state index < -0.39 is 17.6 Å². The maximum absolute atomic E-state index is 13.3. The van der Waals surface area contributed by atoms with E-state index in [1.165, 1.54) is 26.3 Å². The maximum Gasteiger partial charge on any atom is 0.412 e. The zero-order chi connectivity index (χ0) is 44.4. The van der Waals surface area contributed by atoms with Crippen LogP contribution in [0.1, 0.15) is 70.2 Å². The number of benzene rings is 3. The number of methoxy groups -OCH3 is 1. The molecule has 0 spiro atoms. The predicted molar refractivity (Wildman–Crippen MR) is 238 cm³/mol. The van der Waals surface area contributed by atoms with Crippen molar-refractivity contribution in [1.82, 2.24) is 15.1 Å². The lowest BCUT2D eigenvalue weighted by molar-refractivity contribution is 0.0635. The number of amides is 3. The third-order valence-corrected chi connectivity index (χ3v) is 8.27. The average Bonchev–Trinajstić information content (AvgIpc) is 3.61. The van der Waals surface area contributed by atoms with Gasteiger partial charge in [-0.05, 0) is 102 Å². The van der Waals surface area contributed by atoms with Gasteiger partial charge in [0.25, 0.3) is 5.91 Å². The number of carbonyl (C=O) groups is 4. The summed E-state index contributed by atoms with van der Waals surface area (Å²) in [6, 6.07) is 15.1. The van der Waals surface area contributed by atoms with E-state index >= 15 is 0 Å². The van der Waals surface area contributed by atoms with Gasteiger partial charge in [-0.3, -0.25) is 29.4 Å². The van der Waals surface area contributed by atoms with Crippen LogP contribution in [0.15, 0.2) is 77.8 Å². The van der Waals surface area contributed by atoms with Crippen LogP contribution in [0.2, 0.25) is 0 Å². The van der Waals surface area contributed by atoms with Gasteiger partial charge in [-0.1, -0.05) is 30.4 Å². The van der Waals surface area contributed by atoms with Crippen LogP contribution in [0.5, 0.6) is 11.5 Å². The van der Waals surface area contributed by atoms with Crippen LogP contribution in [-0.2, 0) is 11.3 Å². The molecule has 0 aliphatic carbocycles. The molecule has 4 aromatic rings. The molecule has 0 saturated carbocycles. The largest absolute Gasteiger partial charge is 0.494 e. The fourth-order valence-corrected chi connectivity index (χ4v) is 5.73. The zero-order valence-electron chi connectivity index (χ0n) is 35.2. The van der Waals surface area contributed by atoms with Crippen molar-refractivity contribution in [1.29, 1.82) is 0 Å².